The Morgan fingerprint density at radius 1 is 1.50 bits per heavy atom. The number of thioether (sulfide) groups is 1. The third-order valence-corrected chi connectivity index (χ3v) is 4.76. The molecule has 1 saturated heterocycles. The molecule has 1 aliphatic heterocycles. The van der Waals surface area contributed by atoms with E-state index in [1.165, 1.54) is 4.90 Å². The molecule has 1 fully saturated rings. The van der Waals surface area contributed by atoms with Crippen molar-refractivity contribution in [2.75, 3.05) is 7.05 Å². The van der Waals surface area contributed by atoms with Gasteiger partial charge in [0, 0.05) is 11.7 Å². The minimum Gasteiger partial charge on any atom is -0.298 e. The van der Waals surface area contributed by atoms with E-state index in [0.29, 0.717) is 11.7 Å². The van der Waals surface area contributed by atoms with Crippen molar-refractivity contribution in [1.82, 2.24) is 10.2 Å². The van der Waals surface area contributed by atoms with Crippen LogP contribution in [0.3, 0.4) is 0 Å². The van der Waals surface area contributed by atoms with Gasteiger partial charge in [-0.25, -0.2) is 0 Å². The molecule has 0 aromatic heterocycles. The third-order valence-electron chi connectivity index (χ3n) is 3.37. The lowest BCUT2D eigenvalue weighted by Crippen LogP contribution is -2.56. The Labute approximate surface area is 114 Å². The molecule has 104 valence electrons. The molecule has 0 bridgehead atoms. The number of carbonyl (C=O) groups is 2. The van der Waals surface area contributed by atoms with Gasteiger partial charge in [0.25, 0.3) is 0 Å². The van der Waals surface area contributed by atoms with E-state index < -0.39 is 5.66 Å². The first kappa shape index (κ1) is 15.5. The molecule has 1 N–H and O–H groups in total. The van der Waals surface area contributed by atoms with Crippen LogP contribution in [-0.2, 0) is 9.59 Å². The summed E-state index contributed by atoms with van der Waals surface area (Å²) in [5.41, 5.74) is -0.600. The predicted molar refractivity (Wildman–Crippen MR) is 75.4 cm³/mol. The second kappa shape index (κ2) is 6.06. The van der Waals surface area contributed by atoms with Crippen molar-refractivity contribution in [3.8, 4) is 0 Å². The molecule has 5 heteroatoms. The minimum absolute atomic E-state index is 0.0488. The topological polar surface area (TPSA) is 49.4 Å². The van der Waals surface area contributed by atoms with Crippen LogP contribution in [0.25, 0.3) is 0 Å². The van der Waals surface area contributed by atoms with E-state index in [-0.39, 0.29) is 17.1 Å². The fourth-order valence-electron chi connectivity index (χ4n) is 2.16. The molecular formula is C13H24N2O2S. The molecule has 0 radical (unpaired) electrons. The molecule has 0 saturated carbocycles. The van der Waals surface area contributed by atoms with Gasteiger partial charge >= 0.3 is 0 Å². The SMILES string of the molecule is CCCC(C)SC1CC(=O)N(C(C)(C)NC)C1=O. The Bertz CT molecular complexity index is 331. The van der Waals surface area contributed by atoms with Crippen LogP contribution in [0.2, 0.25) is 0 Å². The van der Waals surface area contributed by atoms with Crippen LogP contribution in [0.1, 0.15) is 47.0 Å². The zero-order valence-corrected chi connectivity index (χ0v) is 12.8. The third kappa shape index (κ3) is 3.26. The number of amides is 2. The van der Waals surface area contributed by atoms with Gasteiger partial charge < -0.3 is 0 Å². The standard InChI is InChI=1S/C13H24N2O2S/c1-6-7-9(2)18-10-8-11(16)15(12(10)17)13(3,4)14-5/h9-10,14H,6-8H2,1-5H3. The van der Waals surface area contributed by atoms with Crippen molar-refractivity contribution in [3.63, 3.8) is 0 Å². The van der Waals surface area contributed by atoms with Gasteiger partial charge in [0.05, 0.1) is 10.9 Å². The van der Waals surface area contributed by atoms with Crippen molar-refractivity contribution in [1.29, 1.82) is 0 Å². The average Bonchev–Trinajstić information content (AvgIpc) is 2.55. The highest BCUT2D eigenvalue weighted by molar-refractivity contribution is 8.01. The van der Waals surface area contributed by atoms with E-state index >= 15 is 0 Å². The number of hydrogen-bond donors (Lipinski definition) is 1. The van der Waals surface area contributed by atoms with Crippen molar-refractivity contribution in [2.24, 2.45) is 0 Å². The maximum atomic E-state index is 12.3. The second-order valence-corrected chi connectivity index (χ2v) is 6.95. The van der Waals surface area contributed by atoms with Crippen LogP contribution in [0.4, 0.5) is 0 Å². The van der Waals surface area contributed by atoms with Gasteiger partial charge in [-0.1, -0.05) is 20.3 Å². The molecule has 1 rings (SSSR count). The van der Waals surface area contributed by atoms with Gasteiger partial charge in [0.1, 0.15) is 0 Å². The van der Waals surface area contributed by atoms with Crippen molar-refractivity contribution in [3.05, 3.63) is 0 Å². The predicted octanol–water partition coefficient (Wildman–Crippen LogP) is 1.99. The molecule has 1 heterocycles. The summed E-state index contributed by atoms with van der Waals surface area (Å²) >= 11 is 1.63. The highest BCUT2D eigenvalue weighted by Gasteiger charge is 2.45. The summed E-state index contributed by atoms with van der Waals surface area (Å²) in [6.07, 6.45) is 2.52. The van der Waals surface area contributed by atoms with Crippen molar-refractivity contribution < 1.29 is 9.59 Å². The summed E-state index contributed by atoms with van der Waals surface area (Å²) < 4.78 is 0. The Morgan fingerprint density at radius 3 is 2.61 bits per heavy atom. The highest BCUT2D eigenvalue weighted by Crippen LogP contribution is 2.32. The first-order chi connectivity index (χ1) is 8.33. The van der Waals surface area contributed by atoms with Gasteiger partial charge in [-0.05, 0) is 27.3 Å². The van der Waals surface area contributed by atoms with E-state index in [2.05, 4.69) is 19.2 Å². The van der Waals surface area contributed by atoms with Crippen LogP contribution in [0, 0.1) is 0 Å². The second-order valence-electron chi connectivity index (χ2n) is 5.30. The van der Waals surface area contributed by atoms with E-state index in [1.807, 2.05) is 13.8 Å². The largest absolute Gasteiger partial charge is 0.298 e. The van der Waals surface area contributed by atoms with Crippen molar-refractivity contribution >= 4 is 23.6 Å². The van der Waals surface area contributed by atoms with Gasteiger partial charge in [0.15, 0.2) is 0 Å². The Hall–Kier alpha value is -0.550. The molecule has 0 aromatic rings. The molecule has 0 aromatic carbocycles. The molecule has 1 aliphatic rings. The van der Waals surface area contributed by atoms with Gasteiger partial charge in [-0.15, -0.1) is 11.8 Å². The molecule has 0 aliphatic carbocycles. The number of imide groups is 1. The Morgan fingerprint density at radius 2 is 2.11 bits per heavy atom. The normalized spacial score (nSPS) is 22.7. The summed E-state index contributed by atoms with van der Waals surface area (Å²) in [7, 11) is 1.76. The minimum atomic E-state index is -0.600. The molecule has 0 spiro atoms. The van der Waals surface area contributed by atoms with Gasteiger partial charge in [-0.3, -0.25) is 19.8 Å². The lowest BCUT2D eigenvalue weighted by atomic mass is 10.2. The number of carbonyl (C=O) groups excluding carboxylic acids is 2. The quantitative estimate of drug-likeness (QED) is 0.751. The molecular weight excluding hydrogens is 248 g/mol. The Kier molecular flexibility index (Phi) is 5.22. The number of hydrogen-bond acceptors (Lipinski definition) is 4. The van der Waals surface area contributed by atoms with Crippen LogP contribution in [0.5, 0.6) is 0 Å². The highest BCUT2D eigenvalue weighted by atomic mass is 32.2. The summed E-state index contributed by atoms with van der Waals surface area (Å²) in [5, 5.41) is 3.24. The van der Waals surface area contributed by atoms with E-state index in [9.17, 15) is 9.59 Å². The van der Waals surface area contributed by atoms with Gasteiger partial charge in [0.2, 0.25) is 11.8 Å². The monoisotopic (exact) mass is 272 g/mol. The van der Waals surface area contributed by atoms with E-state index in [1.54, 1.807) is 18.8 Å². The molecule has 2 unspecified atom stereocenters. The Balaban J connectivity index is 2.73. The fourth-order valence-corrected chi connectivity index (χ4v) is 3.56. The maximum Gasteiger partial charge on any atom is 0.244 e. The summed E-state index contributed by atoms with van der Waals surface area (Å²) in [5.74, 6) is -0.118. The zero-order valence-electron chi connectivity index (χ0n) is 11.9. The lowest BCUT2D eigenvalue weighted by Gasteiger charge is -2.33. The number of nitrogens with zero attached hydrogens (tertiary/aromatic N) is 1. The number of rotatable bonds is 6. The van der Waals surface area contributed by atoms with Crippen LogP contribution < -0.4 is 5.32 Å². The summed E-state index contributed by atoms with van der Waals surface area (Å²) in [6.45, 7) is 7.96. The van der Waals surface area contributed by atoms with E-state index in [0.717, 1.165) is 12.8 Å². The average molecular weight is 272 g/mol. The smallest absolute Gasteiger partial charge is 0.244 e. The molecule has 18 heavy (non-hydrogen) atoms. The van der Waals surface area contributed by atoms with Gasteiger partial charge in [-0.2, -0.15) is 0 Å². The number of nitrogens with one attached hydrogen (secondary N) is 1. The summed E-state index contributed by atoms with van der Waals surface area (Å²) in [4.78, 5) is 25.7. The first-order valence-corrected chi connectivity index (χ1v) is 7.49. The lowest BCUT2D eigenvalue weighted by molar-refractivity contribution is -0.145. The van der Waals surface area contributed by atoms with E-state index in [4.69, 9.17) is 0 Å². The van der Waals surface area contributed by atoms with Crippen LogP contribution in [0.15, 0.2) is 0 Å². The molecule has 4 nitrogen and oxygen atoms in total. The van der Waals surface area contributed by atoms with Crippen LogP contribution in [-0.4, -0.2) is 39.9 Å². The number of likely N-dealkylation sites (tertiary alicyclic amines) is 1. The van der Waals surface area contributed by atoms with Crippen LogP contribution >= 0.6 is 11.8 Å². The molecule has 2 atom stereocenters. The zero-order chi connectivity index (χ0) is 13.9. The fraction of sp³-hybridized carbons (Fsp3) is 0.846. The first-order valence-electron chi connectivity index (χ1n) is 6.54. The van der Waals surface area contributed by atoms with Crippen molar-refractivity contribution in [2.45, 2.75) is 63.1 Å². The molecule has 2 amide bonds. The maximum absolute atomic E-state index is 12.3. The summed E-state index contributed by atoms with van der Waals surface area (Å²) in [6, 6.07) is 0.